The highest BCUT2D eigenvalue weighted by atomic mass is 16.5. The first-order valence-corrected chi connectivity index (χ1v) is 8.33. The first-order valence-electron chi connectivity index (χ1n) is 8.33. The molecule has 1 unspecified atom stereocenters. The summed E-state index contributed by atoms with van der Waals surface area (Å²) in [7, 11) is 0. The zero-order chi connectivity index (χ0) is 13.5. The zero-order valence-corrected chi connectivity index (χ0v) is 12.9. The van der Waals surface area contributed by atoms with E-state index in [4.69, 9.17) is 4.74 Å². The van der Waals surface area contributed by atoms with Crippen molar-refractivity contribution in [1.29, 1.82) is 0 Å². The second kappa shape index (κ2) is 8.23. The molecule has 0 amide bonds. The average molecular weight is 268 g/mol. The minimum atomic E-state index is 0.687. The van der Waals surface area contributed by atoms with Crippen molar-refractivity contribution in [2.24, 2.45) is 11.8 Å². The lowest BCUT2D eigenvalue weighted by atomic mass is 9.89. The lowest BCUT2D eigenvalue weighted by molar-refractivity contribution is 0.0640. The van der Waals surface area contributed by atoms with Gasteiger partial charge in [0.25, 0.3) is 0 Å². The molecule has 2 fully saturated rings. The summed E-state index contributed by atoms with van der Waals surface area (Å²) < 4.78 is 5.42. The van der Waals surface area contributed by atoms with Crippen molar-refractivity contribution in [1.82, 2.24) is 10.2 Å². The number of likely N-dealkylation sites (tertiary alicyclic amines) is 1. The quantitative estimate of drug-likeness (QED) is 0.801. The van der Waals surface area contributed by atoms with E-state index in [9.17, 15) is 0 Å². The molecule has 0 saturated carbocycles. The highest BCUT2D eigenvalue weighted by Gasteiger charge is 2.24. The molecule has 2 saturated heterocycles. The number of nitrogens with one attached hydrogen (secondary N) is 1. The van der Waals surface area contributed by atoms with E-state index >= 15 is 0 Å². The van der Waals surface area contributed by atoms with Gasteiger partial charge in [-0.15, -0.1) is 0 Å². The van der Waals surface area contributed by atoms with E-state index in [1.165, 1.54) is 58.3 Å². The molecule has 0 aromatic heterocycles. The molecular weight excluding hydrogens is 236 g/mol. The van der Waals surface area contributed by atoms with Crippen molar-refractivity contribution in [3.8, 4) is 0 Å². The summed E-state index contributed by atoms with van der Waals surface area (Å²) in [4.78, 5) is 2.63. The van der Waals surface area contributed by atoms with Crippen molar-refractivity contribution in [2.45, 2.75) is 52.0 Å². The number of hydrogen-bond donors (Lipinski definition) is 1. The van der Waals surface area contributed by atoms with Crippen LogP contribution in [0.2, 0.25) is 0 Å². The summed E-state index contributed by atoms with van der Waals surface area (Å²) in [6.07, 6.45) is 6.54. The fraction of sp³-hybridized carbons (Fsp3) is 1.00. The predicted octanol–water partition coefficient (Wildman–Crippen LogP) is 2.51. The van der Waals surface area contributed by atoms with Gasteiger partial charge < -0.3 is 15.0 Å². The van der Waals surface area contributed by atoms with Crippen LogP contribution in [0.15, 0.2) is 0 Å². The van der Waals surface area contributed by atoms with E-state index in [0.29, 0.717) is 6.04 Å². The van der Waals surface area contributed by atoms with Crippen LogP contribution in [-0.4, -0.2) is 50.3 Å². The molecule has 2 rings (SSSR count). The second-order valence-electron chi connectivity index (χ2n) is 6.43. The third-order valence-electron chi connectivity index (χ3n) is 4.95. The van der Waals surface area contributed by atoms with Crippen LogP contribution in [0.4, 0.5) is 0 Å². The van der Waals surface area contributed by atoms with Crippen LogP contribution in [0.25, 0.3) is 0 Å². The van der Waals surface area contributed by atoms with Crippen molar-refractivity contribution in [3.63, 3.8) is 0 Å². The Labute approximate surface area is 119 Å². The molecule has 19 heavy (non-hydrogen) atoms. The number of nitrogens with zero attached hydrogens (tertiary/aromatic N) is 1. The number of hydrogen-bond acceptors (Lipinski definition) is 3. The van der Waals surface area contributed by atoms with Crippen molar-refractivity contribution >= 4 is 0 Å². The molecule has 0 aromatic rings. The van der Waals surface area contributed by atoms with Crippen LogP contribution in [0.3, 0.4) is 0 Å². The van der Waals surface area contributed by atoms with Crippen LogP contribution in [0, 0.1) is 11.8 Å². The Morgan fingerprint density at radius 1 is 1.16 bits per heavy atom. The molecule has 2 aliphatic heterocycles. The minimum absolute atomic E-state index is 0.687. The summed E-state index contributed by atoms with van der Waals surface area (Å²) in [5.41, 5.74) is 0. The Morgan fingerprint density at radius 2 is 1.84 bits per heavy atom. The first kappa shape index (κ1) is 15.3. The normalized spacial score (nSPS) is 25.6. The second-order valence-corrected chi connectivity index (χ2v) is 6.43. The third kappa shape index (κ3) is 5.05. The molecule has 3 heteroatoms. The van der Waals surface area contributed by atoms with Crippen molar-refractivity contribution in [3.05, 3.63) is 0 Å². The monoisotopic (exact) mass is 268 g/mol. The van der Waals surface area contributed by atoms with Gasteiger partial charge in [-0.05, 0) is 77.0 Å². The maximum Gasteiger partial charge on any atom is 0.0469 e. The first-order chi connectivity index (χ1) is 9.29. The predicted molar refractivity (Wildman–Crippen MR) is 80.5 cm³/mol. The highest BCUT2D eigenvalue weighted by Crippen LogP contribution is 2.21. The Kier molecular flexibility index (Phi) is 6.62. The van der Waals surface area contributed by atoms with E-state index in [2.05, 4.69) is 24.1 Å². The SMILES string of the molecule is CCCN1CCC(C(C)NCC2CCOCC2)CC1. The molecule has 0 bridgehead atoms. The standard InChI is InChI=1S/C16H32N2O/c1-3-8-18-9-4-16(5-10-18)14(2)17-13-15-6-11-19-12-7-15/h14-17H,3-13H2,1-2H3. The topological polar surface area (TPSA) is 24.5 Å². The highest BCUT2D eigenvalue weighted by molar-refractivity contribution is 4.80. The van der Waals surface area contributed by atoms with Gasteiger partial charge in [-0.1, -0.05) is 6.92 Å². The van der Waals surface area contributed by atoms with Gasteiger partial charge in [-0.2, -0.15) is 0 Å². The smallest absolute Gasteiger partial charge is 0.0469 e. The zero-order valence-electron chi connectivity index (χ0n) is 12.9. The summed E-state index contributed by atoms with van der Waals surface area (Å²) in [6.45, 7) is 11.7. The molecule has 3 nitrogen and oxygen atoms in total. The summed E-state index contributed by atoms with van der Waals surface area (Å²) >= 11 is 0. The van der Waals surface area contributed by atoms with E-state index in [-0.39, 0.29) is 0 Å². The fourth-order valence-corrected chi connectivity index (χ4v) is 3.46. The Morgan fingerprint density at radius 3 is 2.47 bits per heavy atom. The molecule has 0 aliphatic carbocycles. The lowest BCUT2D eigenvalue weighted by Crippen LogP contribution is -2.43. The van der Waals surface area contributed by atoms with Gasteiger partial charge in [0, 0.05) is 19.3 Å². The van der Waals surface area contributed by atoms with E-state index in [1.807, 2.05) is 0 Å². The molecular formula is C16H32N2O. The number of rotatable bonds is 6. The Balaban J connectivity index is 1.62. The van der Waals surface area contributed by atoms with Crippen LogP contribution in [0.1, 0.15) is 46.0 Å². The van der Waals surface area contributed by atoms with Crippen LogP contribution in [0.5, 0.6) is 0 Å². The van der Waals surface area contributed by atoms with Gasteiger partial charge in [-0.25, -0.2) is 0 Å². The maximum atomic E-state index is 5.42. The van der Waals surface area contributed by atoms with Gasteiger partial charge >= 0.3 is 0 Å². The van der Waals surface area contributed by atoms with Crippen LogP contribution >= 0.6 is 0 Å². The van der Waals surface area contributed by atoms with Gasteiger partial charge in [0.15, 0.2) is 0 Å². The van der Waals surface area contributed by atoms with Crippen molar-refractivity contribution < 1.29 is 4.74 Å². The Hall–Kier alpha value is -0.120. The summed E-state index contributed by atoms with van der Waals surface area (Å²) in [6, 6.07) is 0.687. The Bertz CT molecular complexity index is 233. The van der Waals surface area contributed by atoms with E-state index < -0.39 is 0 Å². The molecule has 1 atom stereocenters. The average Bonchev–Trinajstić information content (AvgIpc) is 2.47. The molecule has 0 aromatic carbocycles. The van der Waals surface area contributed by atoms with Gasteiger partial charge in [-0.3, -0.25) is 0 Å². The van der Waals surface area contributed by atoms with Gasteiger partial charge in [0.05, 0.1) is 0 Å². The largest absolute Gasteiger partial charge is 0.381 e. The van der Waals surface area contributed by atoms with Gasteiger partial charge in [0.1, 0.15) is 0 Å². The third-order valence-corrected chi connectivity index (χ3v) is 4.95. The maximum absolute atomic E-state index is 5.42. The summed E-state index contributed by atoms with van der Waals surface area (Å²) in [5, 5.41) is 3.79. The molecule has 2 aliphatic rings. The fourth-order valence-electron chi connectivity index (χ4n) is 3.46. The van der Waals surface area contributed by atoms with Crippen molar-refractivity contribution in [2.75, 3.05) is 39.4 Å². The van der Waals surface area contributed by atoms with E-state index in [1.54, 1.807) is 0 Å². The molecule has 0 radical (unpaired) electrons. The molecule has 2 heterocycles. The van der Waals surface area contributed by atoms with Crippen LogP contribution < -0.4 is 5.32 Å². The van der Waals surface area contributed by atoms with Gasteiger partial charge in [0.2, 0.25) is 0 Å². The summed E-state index contributed by atoms with van der Waals surface area (Å²) in [5.74, 6) is 1.73. The molecule has 1 N–H and O–H groups in total. The minimum Gasteiger partial charge on any atom is -0.381 e. The molecule has 112 valence electrons. The van der Waals surface area contributed by atoms with Crippen LogP contribution in [-0.2, 0) is 4.74 Å². The lowest BCUT2D eigenvalue weighted by Gasteiger charge is -2.35. The molecule has 0 spiro atoms. The van der Waals surface area contributed by atoms with E-state index in [0.717, 1.165) is 25.0 Å². The number of ether oxygens (including phenoxy) is 1. The number of piperidine rings is 1.